The maximum atomic E-state index is 13.2. The van der Waals surface area contributed by atoms with Crippen LogP contribution in [0.2, 0.25) is 0 Å². The molecular weight excluding hydrogens is 424 g/mol. The van der Waals surface area contributed by atoms with Crippen LogP contribution < -0.4 is 5.56 Å². The number of hydroxylamine groups is 2. The number of hydrogen-bond acceptors (Lipinski definition) is 8. The Hall–Kier alpha value is -3.47. The highest BCUT2D eigenvalue weighted by atomic mass is 32.2. The normalized spacial score (nSPS) is 17.8. The molecule has 11 heteroatoms. The number of carbonyl (C=O) groups is 4. The zero-order chi connectivity index (χ0) is 22.4. The Morgan fingerprint density at radius 1 is 1.10 bits per heavy atom. The second kappa shape index (κ2) is 7.65. The van der Waals surface area contributed by atoms with Crippen molar-refractivity contribution in [3.05, 3.63) is 62.6 Å². The standard InChI is InChI=1S/C20H18N4O6S/c1-10-11(2)21-22(3)18(27)15(10)19(28)23-9-31-8-14(23)20(29)30-24-16(25)12-6-4-5-7-13(12)17(24)26/h4-7,14H,8-9H2,1-3H3. The molecule has 3 heterocycles. The van der Waals surface area contributed by atoms with Crippen molar-refractivity contribution < 1.29 is 24.0 Å². The third kappa shape index (κ3) is 3.30. The van der Waals surface area contributed by atoms with Gasteiger partial charge < -0.3 is 9.74 Å². The summed E-state index contributed by atoms with van der Waals surface area (Å²) in [6.45, 7) is 3.30. The number of aryl methyl sites for hydroxylation is 2. The van der Waals surface area contributed by atoms with Crippen molar-refractivity contribution >= 4 is 35.5 Å². The Morgan fingerprint density at radius 3 is 2.32 bits per heavy atom. The molecule has 1 saturated heterocycles. The van der Waals surface area contributed by atoms with Crippen LogP contribution in [0.3, 0.4) is 0 Å². The van der Waals surface area contributed by atoms with Gasteiger partial charge in [-0.05, 0) is 31.5 Å². The van der Waals surface area contributed by atoms with E-state index < -0.39 is 35.3 Å². The van der Waals surface area contributed by atoms with E-state index in [9.17, 15) is 24.0 Å². The van der Waals surface area contributed by atoms with Gasteiger partial charge in [0.2, 0.25) is 0 Å². The third-order valence-corrected chi connectivity index (χ3v) is 6.30. The lowest BCUT2D eigenvalue weighted by Gasteiger charge is -2.24. The van der Waals surface area contributed by atoms with Gasteiger partial charge in [-0.1, -0.05) is 17.2 Å². The SMILES string of the molecule is Cc1nn(C)c(=O)c(C(=O)N2CSCC2C(=O)ON2C(=O)c3ccccc3C2=O)c1C. The van der Waals surface area contributed by atoms with Gasteiger partial charge in [0.05, 0.1) is 22.7 Å². The van der Waals surface area contributed by atoms with Crippen LogP contribution >= 0.6 is 11.8 Å². The molecule has 1 atom stereocenters. The molecule has 10 nitrogen and oxygen atoms in total. The first-order valence-corrected chi connectivity index (χ1v) is 10.5. The third-order valence-electron chi connectivity index (χ3n) is 5.29. The van der Waals surface area contributed by atoms with Gasteiger partial charge >= 0.3 is 5.97 Å². The van der Waals surface area contributed by atoms with Crippen LogP contribution in [0, 0.1) is 13.8 Å². The molecule has 31 heavy (non-hydrogen) atoms. The van der Waals surface area contributed by atoms with Crippen LogP contribution in [0.4, 0.5) is 0 Å². The number of thioether (sulfide) groups is 1. The van der Waals surface area contributed by atoms with Crippen molar-refractivity contribution in [1.29, 1.82) is 0 Å². The predicted octanol–water partition coefficient (Wildman–Crippen LogP) is 0.667. The molecule has 2 aliphatic rings. The number of rotatable bonds is 3. The number of hydrogen-bond donors (Lipinski definition) is 0. The number of carbonyl (C=O) groups excluding carboxylic acids is 4. The number of aromatic nitrogens is 2. The van der Waals surface area contributed by atoms with Crippen LogP contribution in [0.5, 0.6) is 0 Å². The number of nitrogens with zero attached hydrogens (tertiary/aromatic N) is 4. The maximum Gasteiger partial charge on any atom is 0.356 e. The molecule has 160 valence electrons. The molecule has 1 aromatic heterocycles. The van der Waals surface area contributed by atoms with Gasteiger partial charge in [-0.25, -0.2) is 9.48 Å². The Labute approximate surface area is 180 Å². The second-order valence-corrected chi connectivity index (χ2v) is 8.17. The lowest BCUT2D eigenvalue weighted by atomic mass is 10.1. The zero-order valence-corrected chi connectivity index (χ0v) is 17.8. The minimum Gasteiger partial charge on any atom is -0.327 e. The van der Waals surface area contributed by atoms with Crippen LogP contribution in [0.15, 0.2) is 29.1 Å². The Bertz CT molecular complexity index is 1170. The summed E-state index contributed by atoms with van der Waals surface area (Å²) < 4.78 is 1.07. The van der Waals surface area contributed by atoms with Crippen molar-refractivity contribution in [3.8, 4) is 0 Å². The van der Waals surface area contributed by atoms with Crippen molar-refractivity contribution in [2.75, 3.05) is 11.6 Å². The van der Waals surface area contributed by atoms with E-state index >= 15 is 0 Å². The van der Waals surface area contributed by atoms with E-state index in [-0.39, 0.29) is 28.3 Å². The Balaban J connectivity index is 1.58. The average molecular weight is 442 g/mol. The Morgan fingerprint density at radius 2 is 1.71 bits per heavy atom. The predicted molar refractivity (Wildman–Crippen MR) is 109 cm³/mol. The fourth-order valence-electron chi connectivity index (χ4n) is 3.48. The van der Waals surface area contributed by atoms with Crippen molar-refractivity contribution in [2.45, 2.75) is 19.9 Å². The molecular formula is C20H18N4O6S. The van der Waals surface area contributed by atoms with Crippen molar-refractivity contribution in [2.24, 2.45) is 7.05 Å². The molecule has 0 bridgehead atoms. The highest BCUT2D eigenvalue weighted by Crippen LogP contribution is 2.27. The van der Waals surface area contributed by atoms with E-state index in [1.165, 1.54) is 35.8 Å². The summed E-state index contributed by atoms with van der Waals surface area (Å²) in [4.78, 5) is 69.8. The van der Waals surface area contributed by atoms with Crippen LogP contribution in [-0.4, -0.2) is 61.1 Å². The highest BCUT2D eigenvalue weighted by molar-refractivity contribution is 7.99. The molecule has 1 unspecified atom stereocenters. The molecule has 1 fully saturated rings. The summed E-state index contributed by atoms with van der Waals surface area (Å²) in [5.41, 5.74) is 0.578. The lowest BCUT2D eigenvalue weighted by Crippen LogP contribution is -2.47. The van der Waals surface area contributed by atoms with Crippen LogP contribution in [0.25, 0.3) is 0 Å². The molecule has 0 saturated carbocycles. The van der Waals surface area contributed by atoms with Gasteiger partial charge in [0.25, 0.3) is 23.3 Å². The lowest BCUT2D eigenvalue weighted by molar-refractivity contribution is -0.172. The zero-order valence-electron chi connectivity index (χ0n) is 16.9. The van der Waals surface area contributed by atoms with Gasteiger partial charge in [-0.3, -0.25) is 19.2 Å². The van der Waals surface area contributed by atoms with Gasteiger partial charge in [0.15, 0.2) is 0 Å². The summed E-state index contributed by atoms with van der Waals surface area (Å²) in [5.74, 6) is -2.67. The average Bonchev–Trinajstić information content (AvgIpc) is 3.33. The summed E-state index contributed by atoms with van der Waals surface area (Å²) in [7, 11) is 1.44. The molecule has 3 amide bonds. The second-order valence-electron chi connectivity index (χ2n) is 7.17. The van der Waals surface area contributed by atoms with Crippen molar-refractivity contribution in [1.82, 2.24) is 19.7 Å². The number of fused-ring (bicyclic) bond motifs is 1. The molecule has 0 N–H and O–H groups in total. The van der Waals surface area contributed by atoms with E-state index in [0.29, 0.717) is 16.3 Å². The molecule has 4 rings (SSSR count). The molecule has 2 aliphatic heterocycles. The van der Waals surface area contributed by atoms with Gasteiger partial charge in [-0.2, -0.15) is 5.10 Å². The van der Waals surface area contributed by atoms with E-state index in [4.69, 9.17) is 4.84 Å². The van der Waals surface area contributed by atoms with Crippen LogP contribution in [-0.2, 0) is 16.7 Å². The number of benzene rings is 1. The molecule has 0 radical (unpaired) electrons. The monoisotopic (exact) mass is 442 g/mol. The molecule has 2 aromatic rings. The minimum atomic E-state index is -1.06. The number of amides is 3. The minimum absolute atomic E-state index is 0.0731. The van der Waals surface area contributed by atoms with Gasteiger partial charge in [-0.15, -0.1) is 11.8 Å². The van der Waals surface area contributed by atoms with Crippen molar-refractivity contribution in [3.63, 3.8) is 0 Å². The quantitative estimate of drug-likeness (QED) is 0.637. The molecule has 1 aromatic carbocycles. The van der Waals surface area contributed by atoms with E-state index in [2.05, 4.69) is 5.10 Å². The Kier molecular flexibility index (Phi) is 5.13. The van der Waals surface area contributed by atoms with Gasteiger partial charge in [0.1, 0.15) is 11.6 Å². The maximum absolute atomic E-state index is 13.2. The molecule has 0 spiro atoms. The smallest absolute Gasteiger partial charge is 0.327 e. The fraction of sp³-hybridized carbons (Fsp3) is 0.300. The summed E-state index contributed by atoms with van der Waals surface area (Å²) in [6.07, 6.45) is 0. The topological polar surface area (TPSA) is 119 Å². The van der Waals surface area contributed by atoms with E-state index in [1.807, 2.05) is 0 Å². The largest absolute Gasteiger partial charge is 0.356 e. The fourth-order valence-corrected chi connectivity index (χ4v) is 4.62. The first kappa shape index (κ1) is 20.8. The van der Waals surface area contributed by atoms with Gasteiger partial charge in [0, 0.05) is 12.8 Å². The summed E-state index contributed by atoms with van der Waals surface area (Å²) in [5, 5.41) is 4.47. The van der Waals surface area contributed by atoms with E-state index in [0.717, 1.165) is 4.68 Å². The van der Waals surface area contributed by atoms with Crippen LogP contribution in [0.1, 0.15) is 42.3 Å². The summed E-state index contributed by atoms with van der Waals surface area (Å²) >= 11 is 1.30. The van der Waals surface area contributed by atoms with E-state index in [1.54, 1.807) is 26.0 Å². The highest BCUT2D eigenvalue weighted by Gasteiger charge is 2.43. The summed E-state index contributed by atoms with van der Waals surface area (Å²) in [6, 6.07) is 5.08. The first-order valence-electron chi connectivity index (χ1n) is 9.35. The first-order chi connectivity index (χ1) is 14.7. The number of imide groups is 1. The molecule has 0 aliphatic carbocycles.